The summed E-state index contributed by atoms with van der Waals surface area (Å²) >= 11 is 0. The molecule has 3 nitrogen and oxygen atoms in total. The fourth-order valence-corrected chi connectivity index (χ4v) is 3.75. The molecular formula is C15H17B2NO2. The molecule has 100 valence electrons. The number of hydrogen-bond donors (Lipinski definition) is 0. The van der Waals surface area contributed by atoms with Crippen LogP contribution in [0.5, 0.6) is 0 Å². The van der Waals surface area contributed by atoms with E-state index in [1.807, 2.05) is 15.7 Å². The molecule has 4 rings (SSSR count). The monoisotopic (exact) mass is 265 g/mol. The summed E-state index contributed by atoms with van der Waals surface area (Å²) in [5.41, 5.74) is 6.55. The zero-order valence-corrected chi connectivity index (χ0v) is 12.1. The predicted octanol–water partition coefficient (Wildman–Crippen LogP) is -0.991. The highest BCUT2D eigenvalue weighted by molar-refractivity contribution is 6.52. The first kappa shape index (κ1) is 12.1. The normalized spacial score (nSPS) is 17.3. The minimum atomic E-state index is -0.181. The Morgan fingerprint density at radius 1 is 1.10 bits per heavy atom. The Labute approximate surface area is 119 Å². The molecule has 0 radical (unpaired) electrons. The maximum absolute atomic E-state index is 12.0. The summed E-state index contributed by atoms with van der Waals surface area (Å²) in [6.07, 6.45) is 4.56. The van der Waals surface area contributed by atoms with Crippen molar-refractivity contribution >= 4 is 43.3 Å². The number of nitrogens with zero attached hydrogens (tertiary/aromatic N) is 1. The summed E-state index contributed by atoms with van der Waals surface area (Å²) in [6.45, 7) is 2.28. The van der Waals surface area contributed by atoms with E-state index in [1.54, 1.807) is 0 Å². The molecule has 0 unspecified atom stereocenters. The molecule has 1 aromatic heterocycles. The highest BCUT2D eigenvalue weighted by atomic mass is 16.4. The third kappa shape index (κ3) is 1.52. The van der Waals surface area contributed by atoms with E-state index in [1.165, 1.54) is 23.2 Å². The third-order valence-electron chi connectivity index (χ3n) is 4.94. The summed E-state index contributed by atoms with van der Waals surface area (Å²) in [6, 6.07) is 2.26. The molecule has 0 spiro atoms. The first-order valence-electron chi connectivity index (χ1n) is 7.50. The van der Waals surface area contributed by atoms with Crippen molar-refractivity contribution in [3.8, 4) is 0 Å². The summed E-state index contributed by atoms with van der Waals surface area (Å²) in [7, 11) is 3.90. The second kappa shape index (κ2) is 4.18. The average molecular weight is 265 g/mol. The van der Waals surface area contributed by atoms with Gasteiger partial charge in [0.2, 0.25) is 0 Å². The fourth-order valence-electron chi connectivity index (χ4n) is 3.75. The summed E-state index contributed by atoms with van der Waals surface area (Å²) < 4.78 is 5.66. The summed E-state index contributed by atoms with van der Waals surface area (Å²) in [5.74, 6) is 0. The van der Waals surface area contributed by atoms with Gasteiger partial charge in [-0.2, -0.15) is 0 Å². The average Bonchev–Trinajstić information content (AvgIpc) is 2.47. The Kier molecular flexibility index (Phi) is 2.53. The lowest BCUT2D eigenvalue weighted by molar-refractivity contribution is 0.555. The molecule has 0 aliphatic carbocycles. The summed E-state index contributed by atoms with van der Waals surface area (Å²) in [4.78, 5) is 14.5. The Morgan fingerprint density at radius 3 is 2.65 bits per heavy atom. The molecule has 2 aliphatic rings. The third-order valence-corrected chi connectivity index (χ3v) is 4.94. The number of aryl methyl sites for hydroxylation is 2. The van der Waals surface area contributed by atoms with Crippen LogP contribution in [0.15, 0.2) is 15.3 Å². The van der Waals surface area contributed by atoms with Gasteiger partial charge in [-0.15, -0.1) is 0 Å². The lowest BCUT2D eigenvalue weighted by Crippen LogP contribution is -2.40. The van der Waals surface area contributed by atoms with Crippen molar-refractivity contribution in [2.45, 2.75) is 25.7 Å². The van der Waals surface area contributed by atoms with Crippen LogP contribution in [0.4, 0.5) is 5.69 Å². The van der Waals surface area contributed by atoms with E-state index in [2.05, 4.69) is 11.0 Å². The Balaban J connectivity index is 2.16. The lowest BCUT2D eigenvalue weighted by atomic mass is 9.78. The van der Waals surface area contributed by atoms with Gasteiger partial charge in [0.25, 0.3) is 0 Å². The molecule has 20 heavy (non-hydrogen) atoms. The quantitative estimate of drug-likeness (QED) is 0.453. The molecule has 1 aromatic carbocycles. The second-order valence-corrected chi connectivity index (χ2v) is 6.07. The van der Waals surface area contributed by atoms with Crippen molar-refractivity contribution < 1.29 is 4.42 Å². The van der Waals surface area contributed by atoms with Gasteiger partial charge in [0.05, 0.1) is 0 Å². The van der Waals surface area contributed by atoms with Crippen LogP contribution in [-0.4, -0.2) is 28.8 Å². The Bertz CT molecular complexity index is 780. The largest absolute Gasteiger partial charge is 0.423 e. The molecule has 0 N–H and O–H groups in total. The van der Waals surface area contributed by atoms with E-state index in [9.17, 15) is 4.79 Å². The van der Waals surface area contributed by atoms with E-state index in [4.69, 9.17) is 4.42 Å². The number of hydrogen-bond acceptors (Lipinski definition) is 3. The van der Waals surface area contributed by atoms with Crippen LogP contribution >= 0.6 is 0 Å². The Morgan fingerprint density at radius 2 is 1.85 bits per heavy atom. The zero-order chi connectivity index (χ0) is 13.9. The zero-order valence-electron chi connectivity index (χ0n) is 12.1. The van der Waals surface area contributed by atoms with Crippen LogP contribution in [-0.2, 0) is 12.8 Å². The molecule has 0 saturated heterocycles. The smallest absolute Gasteiger partial charge is 0.329 e. The van der Waals surface area contributed by atoms with Gasteiger partial charge in [-0.3, -0.25) is 0 Å². The summed E-state index contributed by atoms with van der Waals surface area (Å²) in [5, 5.41) is 1.14. The van der Waals surface area contributed by atoms with Crippen molar-refractivity contribution in [3.05, 3.63) is 27.6 Å². The maximum atomic E-state index is 12.0. The first-order valence-corrected chi connectivity index (χ1v) is 7.50. The highest BCUT2D eigenvalue weighted by Gasteiger charge is 2.27. The standard InChI is InChI=1S/C15H17B2NO2/c16-11-10-7-8-3-1-5-18-6-2-4-9(13(8)18)14(10)20-15(19)12(11)17/h7H,1-6,16-17H2. The van der Waals surface area contributed by atoms with E-state index in [0.29, 0.717) is 0 Å². The molecule has 2 aromatic rings. The number of benzene rings is 1. The van der Waals surface area contributed by atoms with Gasteiger partial charge >= 0.3 is 5.63 Å². The van der Waals surface area contributed by atoms with Gasteiger partial charge in [0.15, 0.2) is 0 Å². The predicted molar refractivity (Wildman–Crippen MR) is 87.7 cm³/mol. The number of fused-ring (bicyclic) bond motifs is 2. The second-order valence-electron chi connectivity index (χ2n) is 6.07. The van der Waals surface area contributed by atoms with Crippen molar-refractivity contribution in [3.63, 3.8) is 0 Å². The maximum Gasteiger partial charge on any atom is 0.329 e. The van der Waals surface area contributed by atoms with Gasteiger partial charge in [-0.05, 0) is 42.8 Å². The van der Waals surface area contributed by atoms with Crippen LogP contribution in [0.25, 0.3) is 11.0 Å². The van der Waals surface area contributed by atoms with Crippen LogP contribution < -0.4 is 21.5 Å². The van der Waals surface area contributed by atoms with Crippen molar-refractivity contribution in [2.75, 3.05) is 18.0 Å². The van der Waals surface area contributed by atoms with Crippen molar-refractivity contribution in [2.24, 2.45) is 0 Å². The van der Waals surface area contributed by atoms with Crippen LogP contribution in [0, 0.1) is 0 Å². The van der Waals surface area contributed by atoms with Gasteiger partial charge in [-0.1, -0.05) is 5.46 Å². The van der Waals surface area contributed by atoms with Crippen molar-refractivity contribution in [1.82, 2.24) is 0 Å². The van der Waals surface area contributed by atoms with E-state index in [0.717, 1.165) is 54.2 Å². The SMILES string of the molecule is Bc1c(B)c2cc3c4c(c2oc1=O)CCCN4CCC3. The first-order chi connectivity index (χ1) is 9.66. The van der Waals surface area contributed by atoms with E-state index in [-0.39, 0.29) is 5.63 Å². The number of anilines is 1. The fraction of sp³-hybridized carbons (Fsp3) is 0.400. The minimum Gasteiger partial charge on any atom is -0.423 e. The van der Waals surface area contributed by atoms with Gasteiger partial charge in [0, 0.05) is 29.7 Å². The Hall–Kier alpha value is -1.64. The molecule has 0 amide bonds. The van der Waals surface area contributed by atoms with Crippen LogP contribution in [0.2, 0.25) is 0 Å². The molecular weight excluding hydrogens is 248 g/mol. The van der Waals surface area contributed by atoms with Crippen LogP contribution in [0.1, 0.15) is 24.0 Å². The lowest BCUT2D eigenvalue weighted by Gasteiger charge is -2.37. The molecule has 0 atom stereocenters. The topological polar surface area (TPSA) is 33.5 Å². The minimum absolute atomic E-state index is 0.181. The molecule has 3 heterocycles. The van der Waals surface area contributed by atoms with E-state index >= 15 is 0 Å². The number of rotatable bonds is 0. The molecule has 2 aliphatic heterocycles. The molecule has 0 saturated carbocycles. The molecule has 5 heteroatoms. The van der Waals surface area contributed by atoms with Crippen molar-refractivity contribution in [1.29, 1.82) is 0 Å². The van der Waals surface area contributed by atoms with E-state index < -0.39 is 0 Å². The van der Waals surface area contributed by atoms with Gasteiger partial charge < -0.3 is 9.32 Å². The molecule has 0 bridgehead atoms. The highest BCUT2D eigenvalue weighted by Crippen LogP contribution is 2.38. The van der Waals surface area contributed by atoms with Gasteiger partial charge in [0.1, 0.15) is 21.3 Å². The van der Waals surface area contributed by atoms with Gasteiger partial charge in [-0.25, -0.2) is 4.79 Å². The molecule has 0 fully saturated rings. The van der Waals surface area contributed by atoms with Crippen LogP contribution in [0.3, 0.4) is 0 Å².